The van der Waals surface area contributed by atoms with E-state index in [-0.39, 0.29) is 5.92 Å². The van der Waals surface area contributed by atoms with Crippen molar-refractivity contribution in [3.8, 4) is 0 Å². The highest BCUT2D eigenvalue weighted by molar-refractivity contribution is 5.29. The normalized spacial score (nSPS) is 17.6. The molecule has 2 rings (SSSR count). The lowest BCUT2D eigenvalue weighted by Crippen LogP contribution is -2.22. The molecule has 0 bridgehead atoms. The molecule has 1 N–H and O–H groups in total. The topological polar surface area (TPSA) is 30.5 Å². The zero-order chi connectivity index (χ0) is 14.4. The van der Waals surface area contributed by atoms with E-state index in [1.54, 1.807) is 14.2 Å². The van der Waals surface area contributed by atoms with Crippen molar-refractivity contribution in [2.45, 2.75) is 19.9 Å². The number of hydrogen-bond donors (Lipinski definition) is 1. The number of nitrogens with one attached hydrogen (secondary N) is 1. The molecule has 0 aliphatic heterocycles. The van der Waals surface area contributed by atoms with Gasteiger partial charge in [0.1, 0.15) is 5.76 Å². The molecule has 0 amide bonds. The second-order valence-corrected chi connectivity index (χ2v) is 4.90. The fourth-order valence-electron chi connectivity index (χ4n) is 2.40. The summed E-state index contributed by atoms with van der Waals surface area (Å²) in [7, 11) is 3.36. The molecule has 0 saturated carbocycles. The van der Waals surface area contributed by atoms with Crippen LogP contribution in [0.2, 0.25) is 0 Å². The number of benzene rings is 1. The SMILES string of the molecule is CCc1ccc(CNCC2C=CC(OC)=C2OC)cc1. The summed E-state index contributed by atoms with van der Waals surface area (Å²) in [6, 6.07) is 8.75. The second kappa shape index (κ2) is 7.15. The third-order valence-corrected chi connectivity index (χ3v) is 3.62. The van der Waals surface area contributed by atoms with Crippen LogP contribution in [0.1, 0.15) is 18.1 Å². The van der Waals surface area contributed by atoms with Crippen LogP contribution in [0.5, 0.6) is 0 Å². The quantitative estimate of drug-likeness (QED) is 0.828. The fourth-order valence-corrected chi connectivity index (χ4v) is 2.40. The average molecular weight is 273 g/mol. The van der Waals surface area contributed by atoms with E-state index >= 15 is 0 Å². The van der Waals surface area contributed by atoms with Gasteiger partial charge in [0, 0.05) is 13.1 Å². The summed E-state index contributed by atoms with van der Waals surface area (Å²) in [6.45, 7) is 3.89. The van der Waals surface area contributed by atoms with Crippen LogP contribution in [0.15, 0.2) is 47.9 Å². The van der Waals surface area contributed by atoms with Crippen LogP contribution >= 0.6 is 0 Å². The third kappa shape index (κ3) is 3.42. The van der Waals surface area contributed by atoms with Crippen molar-refractivity contribution >= 4 is 0 Å². The molecule has 0 fully saturated rings. The summed E-state index contributed by atoms with van der Waals surface area (Å²) in [6.07, 6.45) is 5.18. The standard InChI is InChI=1S/C17H23NO2/c1-4-13-5-7-14(8-6-13)11-18-12-15-9-10-16(19-2)17(15)20-3/h5-10,15,18H,4,11-12H2,1-3H3. The van der Waals surface area contributed by atoms with E-state index in [1.807, 2.05) is 6.08 Å². The van der Waals surface area contributed by atoms with Crippen LogP contribution in [0.25, 0.3) is 0 Å². The maximum absolute atomic E-state index is 5.41. The first-order chi connectivity index (χ1) is 9.78. The average Bonchev–Trinajstić information content (AvgIpc) is 2.90. The second-order valence-electron chi connectivity index (χ2n) is 4.90. The van der Waals surface area contributed by atoms with E-state index < -0.39 is 0 Å². The Morgan fingerprint density at radius 3 is 2.35 bits per heavy atom. The van der Waals surface area contributed by atoms with Crippen LogP contribution in [0.4, 0.5) is 0 Å². The lowest BCUT2D eigenvalue weighted by atomic mass is 10.1. The van der Waals surface area contributed by atoms with E-state index in [2.05, 4.69) is 42.6 Å². The van der Waals surface area contributed by atoms with Crippen molar-refractivity contribution in [2.24, 2.45) is 5.92 Å². The van der Waals surface area contributed by atoms with Gasteiger partial charge >= 0.3 is 0 Å². The zero-order valence-electron chi connectivity index (χ0n) is 12.5. The molecular formula is C17H23NO2. The van der Waals surface area contributed by atoms with E-state index in [0.717, 1.165) is 31.0 Å². The summed E-state index contributed by atoms with van der Waals surface area (Å²) in [5.41, 5.74) is 2.68. The van der Waals surface area contributed by atoms with Gasteiger partial charge in [-0.25, -0.2) is 0 Å². The van der Waals surface area contributed by atoms with Gasteiger partial charge in [-0.2, -0.15) is 0 Å². The van der Waals surface area contributed by atoms with Gasteiger partial charge in [-0.1, -0.05) is 37.3 Å². The lowest BCUT2D eigenvalue weighted by molar-refractivity contribution is 0.212. The van der Waals surface area contributed by atoms with Gasteiger partial charge < -0.3 is 14.8 Å². The summed E-state index contributed by atoms with van der Waals surface area (Å²) in [5, 5.41) is 3.47. The van der Waals surface area contributed by atoms with Gasteiger partial charge in [0.25, 0.3) is 0 Å². The minimum absolute atomic E-state index is 0.255. The van der Waals surface area contributed by atoms with Gasteiger partial charge in [0.05, 0.1) is 20.1 Å². The Bertz CT molecular complexity index is 488. The predicted molar refractivity (Wildman–Crippen MR) is 81.2 cm³/mol. The maximum Gasteiger partial charge on any atom is 0.156 e. The van der Waals surface area contributed by atoms with E-state index in [1.165, 1.54) is 11.1 Å². The van der Waals surface area contributed by atoms with Crippen molar-refractivity contribution in [1.82, 2.24) is 5.32 Å². The minimum Gasteiger partial charge on any atom is -0.497 e. The predicted octanol–water partition coefficient (Wildman–Crippen LogP) is 3.03. The van der Waals surface area contributed by atoms with Crippen molar-refractivity contribution in [3.05, 3.63) is 59.1 Å². The molecule has 1 aromatic rings. The molecule has 1 atom stereocenters. The number of allylic oxidation sites excluding steroid dienone is 1. The third-order valence-electron chi connectivity index (χ3n) is 3.62. The molecule has 1 aliphatic carbocycles. The summed E-state index contributed by atoms with van der Waals surface area (Å²) in [5.74, 6) is 1.98. The molecule has 108 valence electrons. The van der Waals surface area contributed by atoms with Crippen molar-refractivity contribution in [2.75, 3.05) is 20.8 Å². The minimum atomic E-state index is 0.255. The Kier molecular flexibility index (Phi) is 5.24. The monoisotopic (exact) mass is 273 g/mol. The fraction of sp³-hybridized carbons (Fsp3) is 0.412. The smallest absolute Gasteiger partial charge is 0.156 e. The Morgan fingerprint density at radius 2 is 1.75 bits per heavy atom. The zero-order valence-corrected chi connectivity index (χ0v) is 12.5. The molecule has 20 heavy (non-hydrogen) atoms. The van der Waals surface area contributed by atoms with Gasteiger partial charge in [-0.05, 0) is 23.6 Å². The molecule has 1 aromatic carbocycles. The molecular weight excluding hydrogens is 250 g/mol. The first kappa shape index (κ1) is 14.7. The Morgan fingerprint density at radius 1 is 1.05 bits per heavy atom. The summed E-state index contributed by atoms with van der Waals surface area (Å²) < 4.78 is 10.7. The molecule has 0 saturated heterocycles. The number of rotatable bonds is 7. The van der Waals surface area contributed by atoms with Crippen molar-refractivity contribution < 1.29 is 9.47 Å². The Hall–Kier alpha value is -1.74. The molecule has 1 aliphatic rings. The highest BCUT2D eigenvalue weighted by Gasteiger charge is 2.21. The molecule has 0 heterocycles. The Labute approximate surface area is 121 Å². The van der Waals surface area contributed by atoms with E-state index in [4.69, 9.17) is 9.47 Å². The highest BCUT2D eigenvalue weighted by atomic mass is 16.5. The Balaban J connectivity index is 1.84. The van der Waals surface area contributed by atoms with Crippen LogP contribution < -0.4 is 5.32 Å². The van der Waals surface area contributed by atoms with Crippen LogP contribution in [0, 0.1) is 5.92 Å². The lowest BCUT2D eigenvalue weighted by Gasteiger charge is -2.14. The number of aryl methyl sites for hydroxylation is 1. The molecule has 3 nitrogen and oxygen atoms in total. The van der Waals surface area contributed by atoms with Gasteiger partial charge in [0.15, 0.2) is 5.76 Å². The van der Waals surface area contributed by atoms with Gasteiger partial charge in [-0.3, -0.25) is 0 Å². The first-order valence-corrected chi connectivity index (χ1v) is 7.07. The summed E-state index contributed by atoms with van der Waals surface area (Å²) >= 11 is 0. The van der Waals surface area contributed by atoms with Crippen LogP contribution in [-0.4, -0.2) is 20.8 Å². The van der Waals surface area contributed by atoms with Gasteiger partial charge in [0.2, 0.25) is 0 Å². The number of ether oxygens (including phenoxy) is 2. The maximum atomic E-state index is 5.41. The summed E-state index contributed by atoms with van der Waals surface area (Å²) in [4.78, 5) is 0. The largest absolute Gasteiger partial charge is 0.497 e. The van der Waals surface area contributed by atoms with Gasteiger partial charge in [-0.15, -0.1) is 0 Å². The highest BCUT2D eigenvalue weighted by Crippen LogP contribution is 2.25. The number of methoxy groups -OCH3 is 2. The molecule has 0 radical (unpaired) electrons. The van der Waals surface area contributed by atoms with E-state index in [0.29, 0.717) is 0 Å². The van der Waals surface area contributed by atoms with E-state index in [9.17, 15) is 0 Å². The van der Waals surface area contributed by atoms with Crippen molar-refractivity contribution in [3.63, 3.8) is 0 Å². The molecule has 3 heteroatoms. The number of hydrogen-bond acceptors (Lipinski definition) is 3. The van der Waals surface area contributed by atoms with Crippen molar-refractivity contribution in [1.29, 1.82) is 0 Å². The molecule has 0 spiro atoms. The molecule has 0 aromatic heterocycles. The van der Waals surface area contributed by atoms with Crippen LogP contribution in [0.3, 0.4) is 0 Å². The first-order valence-electron chi connectivity index (χ1n) is 7.07. The van der Waals surface area contributed by atoms with Crippen LogP contribution in [-0.2, 0) is 22.4 Å². The molecule has 1 unspecified atom stereocenters.